The zero-order valence-corrected chi connectivity index (χ0v) is 15.9. The van der Waals surface area contributed by atoms with E-state index in [9.17, 15) is 22.8 Å². The molecule has 2 saturated heterocycles. The average molecular weight is 399 g/mol. The van der Waals surface area contributed by atoms with Gasteiger partial charge in [-0.05, 0) is 37.3 Å². The van der Waals surface area contributed by atoms with Gasteiger partial charge in [0.05, 0.1) is 11.6 Å². The Labute approximate surface area is 161 Å². The largest absolute Gasteiger partial charge is 0.447 e. The summed E-state index contributed by atoms with van der Waals surface area (Å²) in [5, 5.41) is 0. The van der Waals surface area contributed by atoms with Gasteiger partial charge >= 0.3 is 12.3 Å². The first-order chi connectivity index (χ1) is 13.2. The van der Waals surface area contributed by atoms with Crippen molar-refractivity contribution in [1.82, 2.24) is 14.8 Å². The van der Waals surface area contributed by atoms with Crippen molar-refractivity contribution in [2.24, 2.45) is 5.92 Å². The van der Waals surface area contributed by atoms with E-state index in [4.69, 9.17) is 4.74 Å². The van der Waals surface area contributed by atoms with Crippen LogP contribution in [0.3, 0.4) is 0 Å². The SMILES string of the molecule is CC(C)CC1COC(=O)N1C1CCN(C(=O)c2ccc(C(F)(F)F)nc2)CC1. The van der Waals surface area contributed by atoms with Crippen LogP contribution >= 0.6 is 0 Å². The molecule has 0 aliphatic carbocycles. The quantitative estimate of drug-likeness (QED) is 0.777. The molecule has 0 saturated carbocycles. The lowest BCUT2D eigenvalue weighted by Crippen LogP contribution is -2.50. The monoisotopic (exact) mass is 399 g/mol. The van der Waals surface area contributed by atoms with Gasteiger partial charge in [0.2, 0.25) is 0 Å². The van der Waals surface area contributed by atoms with Crippen LogP contribution in [0.2, 0.25) is 0 Å². The topological polar surface area (TPSA) is 62.7 Å². The predicted octanol–water partition coefficient (Wildman–Crippen LogP) is 3.57. The normalized spacial score (nSPS) is 21.4. The van der Waals surface area contributed by atoms with Crippen LogP contribution in [0.5, 0.6) is 0 Å². The van der Waals surface area contributed by atoms with Gasteiger partial charge in [-0.15, -0.1) is 0 Å². The molecule has 28 heavy (non-hydrogen) atoms. The highest BCUT2D eigenvalue weighted by Gasteiger charge is 2.40. The van der Waals surface area contributed by atoms with E-state index in [1.54, 1.807) is 4.90 Å². The van der Waals surface area contributed by atoms with Crippen molar-refractivity contribution < 1.29 is 27.5 Å². The third-order valence-electron chi connectivity index (χ3n) is 5.19. The smallest absolute Gasteiger partial charge is 0.433 e. The zero-order valence-electron chi connectivity index (χ0n) is 15.9. The van der Waals surface area contributed by atoms with Gasteiger partial charge < -0.3 is 9.64 Å². The van der Waals surface area contributed by atoms with Crippen LogP contribution in [0, 0.1) is 5.92 Å². The van der Waals surface area contributed by atoms with Crippen molar-refractivity contribution in [1.29, 1.82) is 0 Å². The second kappa shape index (κ2) is 7.97. The van der Waals surface area contributed by atoms with E-state index in [1.807, 2.05) is 4.90 Å². The molecule has 1 aromatic rings. The number of alkyl halides is 3. The number of nitrogens with zero attached hydrogens (tertiary/aromatic N) is 3. The summed E-state index contributed by atoms with van der Waals surface area (Å²) in [6, 6.07) is 2.03. The molecule has 9 heteroatoms. The van der Waals surface area contributed by atoms with E-state index in [0.29, 0.717) is 38.5 Å². The lowest BCUT2D eigenvalue weighted by Gasteiger charge is -2.38. The average Bonchev–Trinajstić information content (AvgIpc) is 3.00. The van der Waals surface area contributed by atoms with Crippen LogP contribution in [-0.4, -0.2) is 58.6 Å². The van der Waals surface area contributed by atoms with Gasteiger partial charge in [0.25, 0.3) is 5.91 Å². The summed E-state index contributed by atoms with van der Waals surface area (Å²) in [6.45, 7) is 5.46. The van der Waals surface area contributed by atoms with E-state index < -0.39 is 11.9 Å². The van der Waals surface area contributed by atoms with Crippen LogP contribution in [0.4, 0.5) is 18.0 Å². The first kappa shape index (κ1) is 20.4. The number of hydrogen-bond acceptors (Lipinski definition) is 4. The Balaban J connectivity index is 1.60. The second-order valence-electron chi connectivity index (χ2n) is 7.72. The minimum Gasteiger partial charge on any atom is -0.447 e. The van der Waals surface area contributed by atoms with E-state index in [1.165, 1.54) is 0 Å². The van der Waals surface area contributed by atoms with Gasteiger partial charge in [0, 0.05) is 25.3 Å². The Bertz CT molecular complexity index is 713. The van der Waals surface area contributed by atoms with Crippen molar-refractivity contribution >= 4 is 12.0 Å². The molecule has 0 bridgehead atoms. The molecule has 2 amide bonds. The van der Waals surface area contributed by atoms with Crippen LogP contribution in [0.1, 0.15) is 49.2 Å². The highest BCUT2D eigenvalue weighted by atomic mass is 19.4. The lowest BCUT2D eigenvalue weighted by atomic mass is 9.98. The van der Waals surface area contributed by atoms with E-state index in [-0.39, 0.29) is 29.6 Å². The first-order valence-corrected chi connectivity index (χ1v) is 9.44. The van der Waals surface area contributed by atoms with Gasteiger partial charge in [0.1, 0.15) is 12.3 Å². The molecule has 3 rings (SSSR count). The van der Waals surface area contributed by atoms with Crippen LogP contribution in [-0.2, 0) is 10.9 Å². The maximum Gasteiger partial charge on any atom is 0.433 e. The highest BCUT2D eigenvalue weighted by molar-refractivity contribution is 5.94. The number of likely N-dealkylation sites (tertiary alicyclic amines) is 1. The summed E-state index contributed by atoms with van der Waals surface area (Å²) >= 11 is 0. The number of pyridine rings is 1. The third kappa shape index (κ3) is 4.39. The fraction of sp³-hybridized carbons (Fsp3) is 0.632. The molecule has 1 atom stereocenters. The molecule has 0 N–H and O–H groups in total. The Hall–Kier alpha value is -2.32. The summed E-state index contributed by atoms with van der Waals surface area (Å²) in [7, 11) is 0. The number of carbonyl (C=O) groups is 2. The Kier molecular flexibility index (Phi) is 5.81. The molecule has 3 heterocycles. The van der Waals surface area contributed by atoms with Gasteiger partial charge in [-0.1, -0.05) is 13.8 Å². The number of ether oxygens (including phenoxy) is 1. The molecule has 2 aliphatic rings. The maximum absolute atomic E-state index is 12.6. The zero-order chi connectivity index (χ0) is 20.5. The Morgan fingerprint density at radius 3 is 2.50 bits per heavy atom. The molecule has 0 radical (unpaired) electrons. The van der Waals surface area contributed by atoms with Gasteiger partial charge in [-0.3, -0.25) is 14.7 Å². The highest BCUT2D eigenvalue weighted by Crippen LogP contribution is 2.29. The van der Waals surface area contributed by atoms with Crippen LogP contribution in [0.15, 0.2) is 18.3 Å². The number of halogens is 3. The molecule has 0 aromatic carbocycles. The van der Waals surface area contributed by atoms with Crippen LogP contribution < -0.4 is 0 Å². The molecule has 1 aromatic heterocycles. The molecule has 0 spiro atoms. The third-order valence-corrected chi connectivity index (χ3v) is 5.19. The molecule has 2 aliphatic heterocycles. The van der Waals surface area contributed by atoms with Gasteiger partial charge in [0.15, 0.2) is 0 Å². The van der Waals surface area contributed by atoms with Gasteiger partial charge in [-0.2, -0.15) is 13.2 Å². The maximum atomic E-state index is 12.6. The van der Waals surface area contributed by atoms with Crippen molar-refractivity contribution in [3.8, 4) is 0 Å². The number of amides is 2. The lowest BCUT2D eigenvalue weighted by molar-refractivity contribution is -0.141. The number of aromatic nitrogens is 1. The fourth-order valence-corrected chi connectivity index (χ4v) is 3.86. The van der Waals surface area contributed by atoms with Crippen molar-refractivity contribution in [3.05, 3.63) is 29.6 Å². The Morgan fingerprint density at radius 2 is 1.96 bits per heavy atom. The minimum atomic E-state index is -4.53. The molecule has 2 fully saturated rings. The summed E-state index contributed by atoms with van der Waals surface area (Å²) in [5.41, 5.74) is -0.892. The van der Waals surface area contributed by atoms with Crippen molar-refractivity contribution in [2.45, 2.75) is 51.4 Å². The fourth-order valence-electron chi connectivity index (χ4n) is 3.86. The van der Waals surface area contributed by atoms with E-state index in [0.717, 1.165) is 24.8 Å². The van der Waals surface area contributed by atoms with Crippen LogP contribution in [0.25, 0.3) is 0 Å². The predicted molar refractivity (Wildman–Crippen MR) is 94.6 cm³/mol. The Morgan fingerprint density at radius 1 is 1.29 bits per heavy atom. The molecular formula is C19H24F3N3O3. The van der Waals surface area contributed by atoms with E-state index in [2.05, 4.69) is 18.8 Å². The number of hydrogen-bond donors (Lipinski definition) is 0. The molecule has 6 nitrogen and oxygen atoms in total. The van der Waals surface area contributed by atoms with Crippen molar-refractivity contribution in [3.63, 3.8) is 0 Å². The summed E-state index contributed by atoms with van der Waals surface area (Å²) < 4.78 is 43.0. The molecular weight excluding hydrogens is 375 g/mol. The minimum absolute atomic E-state index is 0.00790. The summed E-state index contributed by atoms with van der Waals surface area (Å²) in [6.07, 6.45) is -1.78. The number of carbonyl (C=O) groups excluding carboxylic acids is 2. The molecule has 1 unspecified atom stereocenters. The van der Waals surface area contributed by atoms with Gasteiger partial charge in [-0.25, -0.2) is 4.79 Å². The number of rotatable bonds is 4. The van der Waals surface area contributed by atoms with E-state index >= 15 is 0 Å². The van der Waals surface area contributed by atoms with Crippen molar-refractivity contribution in [2.75, 3.05) is 19.7 Å². The number of piperidine rings is 1. The summed E-state index contributed by atoms with van der Waals surface area (Å²) in [5.74, 6) is 0.0956. The standard InChI is InChI=1S/C19H24F3N3O3/c1-12(2)9-15-11-28-18(27)25(15)14-5-7-24(8-6-14)17(26)13-3-4-16(23-10-13)19(20,21)22/h3-4,10,12,14-15H,5-9,11H2,1-2H3. The molecule has 154 valence electrons. The second-order valence-corrected chi connectivity index (χ2v) is 7.72. The first-order valence-electron chi connectivity index (χ1n) is 9.44. The number of cyclic esters (lactones) is 1. The summed E-state index contributed by atoms with van der Waals surface area (Å²) in [4.78, 5) is 31.5.